The van der Waals surface area contributed by atoms with Crippen molar-refractivity contribution in [3.8, 4) is 5.75 Å². The molecule has 1 saturated heterocycles. The van der Waals surface area contributed by atoms with Crippen LogP contribution in [0.3, 0.4) is 0 Å². The van der Waals surface area contributed by atoms with Gasteiger partial charge in [0.2, 0.25) is 0 Å². The van der Waals surface area contributed by atoms with Gasteiger partial charge in [0.05, 0.1) is 23.7 Å². The molecule has 1 aliphatic rings. The Bertz CT molecular complexity index is 872. The summed E-state index contributed by atoms with van der Waals surface area (Å²) in [5.41, 5.74) is 2.50. The zero-order valence-corrected chi connectivity index (χ0v) is 17.6. The van der Waals surface area contributed by atoms with E-state index >= 15 is 0 Å². The fraction of sp³-hybridized carbons (Fsp3) is 0.333. The van der Waals surface area contributed by atoms with Crippen LogP contribution >= 0.6 is 15.9 Å². The molecular weight excluding hydrogens is 440 g/mol. The molecule has 2 aromatic rings. The first kappa shape index (κ1) is 21.1. The van der Waals surface area contributed by atoms with E-state index in [0.29, 0.717) is 29.7 Å². The molecule has 1 fully saturated rings. The lowest BCUT2D eigenvalue weighted by molar-refractivity contribution is -0.0263. The molecule has 0 saturated carbocycles. The number of carbonyl (C=O) groups excluding carboxylic acids is 2. The molecule has 0 spiro atoms. The van der Waals surface area contributed by atoms with Gasteiger partial charge in [0.25, 0.3) is 5.91 Å². The number of morpholine rings is 1. The minimum absolute atomic E-state index is 0.0666. The van der Waals surface area contributed by atoms with Crippen LogP contribution in [0.5, 0.6) is 5.75 Å². The fourth-order valence-corrected chi connectivity index (χ4v) is 3.26. The third kappa shape index (κ3) is 5.95. The predicted octanol–water partition coefficient (Wildman–Crippen LogP) is 3.23. The summed E-state index contributed by atoms with van der Waals surface area (Å²) in [5.74, 6) is -0.217. The SMILES string of the molecule is Cc1ccc(COC(=O)N2CCO[C@H](CNC(=O)c3ccc(O)c(Br)c3)C2)cc1. The summed E-state index contributed by atoms with van der Waals surface area (Å²) in [6, 6.07) is 12.3. The van der Waals surface area contributed by atoms with E-state index in [0.717, 1.165) is 11.1 Å². The Morgan fingerprint density at radius 2 is 2.03 bits per heavy atom. The van der Waals surface area contributed by atoms with Gasteiger partial charge in [0.15, 0.2) is 0 Å². The Labute approximate surface area is 177 Å². The number of ether oxygens (including phenoxy) is 2. The number of benzene rings is 2. The molecule has 1 atom stereocenters. The molecule has 3 rings (SSSR count). The first-order valence-electron chi connectivity index (χ1n) is 9.28. The second-order valence-electron chi connectivity index (χ2n) is 6.86. The number of rotatable bonds is 5. The van der Waals surface area contributed by atoms with E-state index in [1.54, 1.807) is 11.0 Å². The first-order chi connectivity index (χ1) is 13.9. The summed E-state index contributed by atoms with van der Waals surface area (Å²) < 4.78 is 11.5. The number of halogens is 1. The highest BCUT2D eigenvalue weighted by Gasteiger charge is 2.25. The number of carbonyl (C=O) groups is 2. The summed E-state index contributed by atoms with van der Waals surface area (Å²) >= 11 is 3.19. The fourth-order valence-electron chi connectivity index (χ4n) is 2.89. The Morgan fingerprint density at radius 3 is 2.76 bits per heavy atom. The van der Waals surface area contributed by atoms with Crippen LogP contribution in [0, 0.1) is 6.92 Å². The highest BCUT2D eigenvalue weighted by atomic mass is 79.9. The summed E-state index contributed by atoms with van der Waals surface area (Å²) in [7, 11) is 0. The number of hydrogen-bond acceptors (Lipinski definition) is 5. The van der Waals surface area contributed by atoms with E-state index < -0.39 is 6.09 Å². The van der Waals surface area contributed by atoms with Crippen LogP contribution in [0.4, 0.5) is 4.79 Å². The Morgan fingerprint density at radius 1 is 1.28 bits per heavy atom. The maximum absolute atomic E-state index is 12.3. The van der Waals surface area contributed by atoms with Crippen LogP contribution < -0.4 is 5.32 Å². The Balaban J connectivity index is 1.46. The largest absolute Gasteiger partial charge is 0.507 e. The van der Waals surface area contributed by atoms with Gasteiger partial charge >= 0.3 is 6.09 Å². The van der Waals surface area contributed by atoms with Crippen LogP contribution in [0.1, 0.15) is 21.5 Å². The molecule has 0 aromatic heterocycles. The van der Waals surface area contributed by atoms with Crippen molar-refractivity contribution >= 4 is 27.9 Å². The summed E-state index contributed by atoms with van der Waals surface area (Å²) in [5, 5.41) is 12.3. The number of phenolic OH excluding ortho intramolecular Hbond substituents is 1. The van der Waals surface area contributed by atoms with Crippen LogP contribution in [-0.4, -0.2) is 54.4 Å². The Kier molecular flexibility index (Phi) is 7.11. The van der Waals surface area contributed by atoms with E-state index in [9.17, 15) is 14.7 Å². The predicted molar refractivity (Wildman–Crippen MR) is 111 cm³/mol. The second-order valence-corrected chi connectivity index (χ2v) is 7.71. The standard InChI is InChI=1S/C21H23BrN2O5/c1-14-2-4-15(5-3-14)13-29-21(27)24-8-9-28-17(12-24)11-23-20(26)16-6-7-19(25)18(22)10-16/h2-7,10,17,25H,8-9,11-13H2,1H3,(H,23,26)/t17-/m1/s1. The zero-order valence-electron chi connectivity index (χ0n) is 16.1. The summed E-state index contributed by atoms with van der Waals surface area (Å²) in [6.07, 6.45) is -0.715. The minimum atomic E-state index is -0.396. The Hall–Kier alpha value is -2.58. The average Bonchev–Trinajstić information content (AvgIpc) is 2.73. The highest BCUT2D eigenvalue weighted by Crippen LogP contribution is 2.24. The molecule has 2 aromatic carbocycles. The van der Waals surface area contributed by atoms with Gasteiger partial charge in [-0.15, -0.1) is 0 Å². The lowest BCUT2D eigenvalue weighted by Gasteiger charge is -2.32. The molecule has 154 valence electrons. The van der Waals surface area contributed by atoms with Crippen molar-refractivity contribution in [2.24, 2.45) is 0 Å². The molecule has 8 heteroatoms. The molecule has 1 heterocycles. The lowest BCUT2D eigenvalue weighted by Crippen LogP contribution is -2.49. The number of aryl methyl sites for hydroxylation is 1. The smallest absolute Gasteiger partial charge is 0.410 e. The van der Waals surface area contributed by atoms with Crippen LogP contribution in [0.15, 0.2) is 46.9 Å². The van der Waals surface area contributed by atoms with Gasteiger partial charge in [-0.05, 0) is 46.6 Å². The number of aromatic hydroxyl groups is 1. The van der Waals surface area contributed by atoms with Crippen molar-refractivity contribution in [3.63, 3.8) is 0 Å². The van der Waals surface area contributed by atoms with E-state index in [4.69, 9.17) is 9.47 Å². The van der Waals surface area contributed by atoms with E-state index in [-0.39, 0.29) is 30.9 Å². The average molecular weight is 463 g/mol. The van der Waals surface area contributed by atoms with Crippen LogP contribution in [0.2, 0.25) is 0 Å². The topological polar surface area (TPSA) is 88.1 Å². The zero-order chi connectivity index (χ0) is 20.8. The maximum atomic E-state index is 12.3. The van der Waals surface area contributed by atoms with Gasteiger partial charge in [-0.25, -0.2) is 4.79 Å². The molecule has 0 bridgehead atoms. The molecule has 0 unspecified atom stereocenters. The number of amides is 2. The summed E-state index contributed by atoms with van der Waals surface area (Å²) in [6.45, 7) is 3.65. The van der Waals surface area contributed by atoms with Gasteiger partial charge in [-0.1, -0.05) is 29.8 Å². The molecular formula is C21H23BrN2O5. The molecule has 7 nitrogen and oxygen atoms in total. The monoisotopic (exact) mass is 462 g/mol. The highest BCUT2D eigenvalue weighted by molar-refractivity contribution is 9.10. The molecule has 2 amide bonds. The van der Waals surface area contributed by atoms with Crippen molar-refractivity contribution in [2.45, 2.75) is 19.6 Å². The second kappa shape index (κ2) is 9.76. The third-order valence-corrected chi connectivity index (χ3v) is 5.22. The van der Waals surface area contributed by atoms with Crippen molar-refractivity contribution in [1.29, 1.82) is 0 Å². The normalized spacial score (nSPS) is 16.3. The minimum Gasteiger partial charge on any atom is -0.507 e. The van der Waals surface area contributed by atoms with E-state index in [2.05, 4.69) is 21.2 Å². The van der Waals surface area contributed by atoms with E-state index in [1.165, 1.54) is 12.1 Å². The first-order valence-corrected chi connectivity index (χ1v) is 10.1. The number of hydrogen-bond donors (Lipinski definition) is 2. The van der Waals surface area contributed by atoms with Gasteiger partial charge < -0.3 is 24.8 Å². The third-order valence-electron chi connectivity index (χ3n) is 4.58. The maximum Gasteiger partial charge on any atom is 0.410 e. The van der Waals surface area contributed by atoms with Crippen LogP contribution in [-0.2, 0) is 16.1 Å². The molecule has 0 aliphatic carbocycles. The van der Waals surface area contributed by atoms with Crippen molar-refractivity contribution < 1.29 is 24.2 Å². The van der Waals surface area contributed by atoms with Crippen molar-refractivity contribution in [1.82, 2.24) is 10.2 Å². The van der Waals surface area contributed by atoms with Crippen molar-refractivity contribution in [2.75, 3.05) is 26.2 Å². The number of phenols is 1. The van der Waals surface area contributed by atoms with Gasteiger partial charge in [-0.3, -0.25) is 4.79 Å². The van der Waals surface area contributed by atoms with Crippen molar-refractivity contribution in [3.05, 3.63) is 63.6 Å². The summed E-state index contributed by atoms with van der Waals surface area (Å²) in [4.78, 5) is 26.2. The lowest BCUT2D eigenvalue weighted by atomic mass is 10.2. The molecule has 0 radical (unpaired) electrons. The van der Waals surface area contributed by atoms with Gasteiger partial charge in [0, 0.05) is 18.7 Å². The van der Waals surface area contributed by atoms with Gasteiger partial charge in [0.1, 0.15) is 12.4 Å². The quantitative estimate of drug-likeness (QED) is 0.711. The molecule has 29 heavy (non-hydrogen) atoms. The molecule has 2 N–H and O–H groups in total. The number of nitrogens with zero attached hydrogens (tertiary/aromatic N) is 1. The van der Waals surface area contributed by atoms with E-state index in [1.807, 2.05) is 31.2 Å². The van der Waals surface area contributed by atoms with Gasteiger partial charge in [-0.2, -0.15) is 0 Å². The van der Waals surface area contributed by atoms with Crippen LogP contribution in [0.25, 0.3) is 0 Å². The molecule has 1 aliphatic heterocycles. The number of nitrogens with one attached hydrogen (secondary N) is 1.